The third-order valence-corrected chi connectivity index (χ3v) is 5.75. The fraction of sp³-hybridized carbons (Fsp3) is 0.647. The van der Waals surface area contributed by atoms with E-state index in [0.717, 1.165) is 5.92 Å². The monoisotopic (exact) mass is 384 g/mol. The van der Waals surface area contributed by atoms with Gasteiger partial charge in [-0.3, -0.25) is 0 Å². The van der Waals surface area contributed by atoms with Crippen molar-refractivity contribution in [2.75, 3.05) is 24.5 Å². The molecule has 0 radical (unpaired) electrons. The normalized spacial score (nSPS) is 25.4. The lowest BCUT2D eigenvalue weighted by molar-refractivity contribution is 0.277. The Morgan fingerprint density at radius 2 is 1.85 bits per heavy atom. The first-order valence-electron chi connectivity index (χ1n) is 8.07. The molecule has 1 saturated heterocycles. The first kappa shape index (κ1) is 14.6. The predicted molar refractivity (Wildman–Crippen MR) is 94.4 cm³/mol. The quantitative estimate of drug-likeness (QED) is 0.775. The Bertz CT molecular complexity index is 429. The van der Waals surface area contributed by atoms with Gasteiger partial charge in [0.05, 0.1) is 5.69 Å². The molecule has 0 spiro atoms. The van der Waals surface area contributed by atoms with Gasteiger partial charge in [0, 0.05) is 22.7 Å². The van der Waals surface area contributed by atoms with Gasteiger partial charge < -0.3 is 10.2 Å². The number of para-hydroxylation sites is 1. The Hall–Kier alpha value is -0.290. The van der Waals surface area contributed by atoms with Gasteiger partial charge in [-0.15, -0.1) is 0 Å². The molecule has 2 fully saturated rings. The topological polar surface area (TPSA) is 15.3 Å². The number of hydrogen-bond acceptors (Lipinski definition) is 2. The van der Waals surface area contributed by atoms with Gasteiger partial charge in [-0.2, -0.15) is 0 Å². The smallest absolute Gasteiger partial charge is 0.0502 e. The molecule has 1 N–H and O–H groups in total. The summed E-state index contributed by atoms with van der Waals surface area (Å²) in [7, 11) is 0. The number of nitrogens with one attached hydrogen (secondary N) is 1. The largest absolute Gasteiger partial charge is 0.369 e. The van der Waals surface area contributed by atoms with Crippen LogP contribution in [0.1, 0.15) is 38.5 Å². The predicted octanol–water partition coefficient (Wildman–Crippen LogP) is 4.04. The second kappa shape index (κ2) is 7.12. The minimum absolute atomic E-state index is 0.689. The molecule has 1 aliphatic carbocycles. The van der Waals surface area contributed by atoms with E-state index < -0.39 is 0 Å². The number of halogens is 1. The SMILES string of the molecule is Ic1ccccc1N1CCCNC(C2CCCCC2)C1. The minimum Gasteiger partial charge on any atom is -0.369 e. The lowest BCUT2D eigenvalue weighted by atomic mass is 9.83. The molecule has 0 amide bonds. The van der Waals surface area contributed by atoms with E-state index in [9.17, 15) is 0 Å². The zero-order valence-corrected chi connectivity index (χ0v) is 14.3. The van der Waals surface area contributed by atoms with Crippen LogP contribution in [0.5, 0.6) is 0 Å². The third kappa shape index (κ3) is 3.48. The highest BCUT2D eigenvalue weighted by molar-refractivity contribution is 14.1. The van der Waals surface area contributed by atoms with Crippen LogP contribution >= 0.6 is 22.6 Å². The van der Waals surface area contributed by atoms with Crippen LogP contribution in [-0.2, 0) is 0 Å². The average Bonchev–Trinajstić information content (AvgIpc) is 2.75. The van der Waals surface area contributed by atoms with E-state index in [-0.39, 0.29) is 0 Å². The first-order chi connectivity index (χ1) is 9.84. The molecule has 1 aromatic rings. The molecule has 1 heterocycles. The van der Waals surface area contributed by atoms with Crippen molar-refractivity contribution in [3.63, 3.8) is 0 Å². The van der Waals surface area contributed by atoms with Crippen molar-refractivity contribution in [1.82, 2.24) is 5.32 Å². The maximum absolute atomic E-state index is 3.83. The van der Waals surface area contributed by atoms with Crippen LogP contribution in [0.2, 0.25) is 0 Å². The van der Waals surface area contributed by atoms with Gasteiger partial charge in [-0.25, -0.2) is 0 Å². The van der Waals surface area contributed by atoms with Crippen LogP contribution in [0, 0.1) is 9.49 Å². The number of anilines is 1. The van der Waals surface area contributed by atoms with E-state index in [1.54, 1.807) is 0 Å². The Morgan fingerprint density at radius 1 is 1.05 bits per heavy atom. The maximum atomic E-state index is 3.83. The highest BCUT2D eigenvalue weighted by Gasteiger charge is 2.27. The Kier molecular flexibility index (Phi) is 5.21. The highest BCUT2D eigenvalue weighted by atomic mass is 127. The molecule has 2 nitrogen and oxygen atoms in total. The average molecular weight is 384 g/mol. The lowest BCUT2D eigenvalue weighted by Crippen LogP contribution is -2.43. The summed E-state index contributed by atoms with van der Waals surface area (Å²) >= 11 is 2.47. The Morgan fingerprint density at radius 3 is 2.65 bits per heavy atom. The molecule has 1 unspecified atom stereocenters. The van der Waals surface area contributed by atoms with Crippen molar-refractivity contribution in [1.29, 1.82) is 0 Å². The molecule has 0 aromatic heterocycles. The number of benzene rings is 1. The first-order valence-corrected chi connectivity index (χ1v) is 9.15. The Labute approximate surface area is 136 Å². The van der Waals surface area contributed by atoms with Gasteiger partial charge in [0.25, 0.3) is 0 Å². The van der Waals surface area contributed by atoms with E-state index in [0.29, 0.717) is 6.04 Å². The van der Waals surface area contributed by atoms with E-state index in [2.05, 4.69) is 57.1 Å². The van der Waals surface area contributed by atoms with E-state index in [1.807, 2.05) is 0 Å². The molecule has 3 rings (SSSR count). The van der Waals surface area contributed by atoms with Gasteiger partial charge in [0.2, 0.25) is 0 Å². The molecule has 2 aliphatic rings. The summed E-state index contributed by atoms with van der Waals surface area (Å²) < 4.78 is 1.38. The summed E-state index contributed by atoms with van der Waals surface area (Å²) in [5, 5.41) is 3.83. The van der Waals surface area contributed by atoms with Crippen LogP contribution in [-0.4, -0.2) is 25.7 Å². The molecule has 110 valence electrons. The third-order valence-electron chi connectivity index (χ3n) is 4.84. The summed E-state index contributed by atoms with van der Waals surface area (Å²) in [4.78, 5) is 2.61. The molecule has 20 heavy (non-hydrogen) atoms. The standard InChI is InChI=1S/C17H25IN2/c18-15-9-4-5-10-17(15)20-12-6-11-19-16(13-20)14-7-2-1-3-8-14/h4-5,9-10,14,16,19H,1-3,6-8,11-13H2. The zero-order valence-electron chi connectivity index (χ0n) is 12.2. The number of hydrogen-bond donors (Lipinski definition) is 1. The van der Waals surface area contributed by atoms with Crippen LogP contribution in [0.25, 0.3) is 0 Å². The number of nitrogens with zero attached hydrogens (tertiary/aromatic N) is 1. The summed E-state index contributed by atoms with van der Waals surface area (Å²) in [5.41, 5.74) is 1.43. The summed E-state index contributed by atoms with van der Waals surface area (Å²) in [6.45, 7) is 3.56. The molecule has 1 atom stereocenters. The fourth-order valence-electron chi connectivity index (χ4n) is 3.73. The van der Waals surface area contributed by atoms with Crippen molar-refractivity contribution >= 4 is 28.3 Å². The second-order valence-electron chi connectivity index (χ2n) is 6.21. The van der Waals surface area contributed by atoms with Crippen LogP contribution in [0.3, 0.4) is 0 Å². The van der Waals surface area contributed by atoms with Crippen molar-refractivity contribution in [2.45, 2.75) is 44.6 Å². The van der Waals surface area contributed by atoms with Crippen molar-refractivity contribution in [2.24, 2.45) is 5.92 Å². The molecule has 0 bridgehead atoms. The second-order valence-corrected chi connectivity index (χ2v) is 7.37. The van der Waals surface area contributed by atoms with Crippen LogP contribution in [0.15, 0.2) is 24.3 Å². The van der Waals surface area contributed by atoms with Crippen molar-refractivity contribution in [3.8, 4) is 0 Å². The highest BCUT2D eigenvalue weighted by Crippen LogP contribution is 2.30. The maximum Gasteiger partial charge on any atom is 0.0502 e. The van der Waals surface area contributed by atoms with E-state index in [1.165, 1.54) is 67.4 Å². The minimum atomic E-state index is 0.689. The molecule has 1 saturated carbocycles. The van der Waals surface area contributed by atoms with Crippen molar-refractivity contribution in [3.05, 3.63) is 27.8 Å². The van der Waals surface area contributed by atoms with Gasteiger partial charge in [0.1, 0.15) is 0 Å². The molecule has 1 aromatic carbocycles. The molecule has 1 aliphatic heterocycles. The molecular weight excluding hydrogens is 359 g/mol. The van der Waals surface area contributed by atoms with E-state index in [4.69, 9.17) is 0 Å². The van der Waals surface area contributed by atoms with Gasteiger partial charge >= 0.3 is 0 Å². The lowest BCUT2D eigenvalue weighted by Gasteiger charge is -2.34. The van der Waals surface area contributed by atoms with Crippen molar-refractivity contribution < 1.29 is 0 Å². The van der Waals surface area contributed by atoms with Crippen LogP contribution < -0.4 is 10.2 Å². The van der Waals surface area contributed by atoms with E-state index >= 15 is 0 Å². The fourth-order valence-corrected chi connectivity index (χ4v) is 4.46. The molecular formula is C17H25IN2. The van der Waals surface area contributed by atoms with Gasteiger partial charge in [-0.1, -0.05) is 31.4 Å². The van der Waals surface area contributed by atoms with Gasteiger partial charge in [0.15, 0.2) is 0 Å². The Balaban J connectivity index is 1.73. The van der Waals surface area contributed by atoms with Crippen LogP contribution in [0.4, 0.5) is 5.69 Å². The molecule has 3 heteroatoms. The zero-order chi connectivity index (χ0) is 13.8. The van der Waals surface area contributed by atoms with Gasteiger partial charge in [-0.05, 0) is 66.4 Å². The number of rotatable bonds is 2. The summed E-state index contributed by atoms with van der Waals surface area (Å²) in [6, 6.07) is 9.51. The summed E-state index contributed by atoms with van der Waals surface area (Å²) in [5.74, 6) is 0.894. The summed E-state index contributed by atoms with van der Waals surface area (Å²) in [6.07, 6.45) is 8.43.